The predicted octanol–water partition coefficient (Wildman–Crippen LogP) is 0.911. The molecule has 1 aromatic heterocycles. The molecule has 1 aliphatic heterocycles. The molecule has 0 bridgehead atoms. The molecule has 1 aromatic carbocycles. The maximum Gasteiger partial charge on any atom is 0.248 e. The molecule has 2 N–H and O–H groups in total. The molecular formula is C16H19N5O2. The second-order valence-electron chi connectivity index (χ2n) is 5.28. The Balaban J connectivity index is 1.64. The molecule has 7 heteroatoms. The van der Waals surface area contributed by atoms with E-state index in [1.807, 2.05) is 12.1 Å². The minimum Gasteiger partial charge on any atom is -0.481 e. The summed E-state index contributed by atoms with van der Waals surface area (Å²) in [5.74, 6) is 0.851. The quantitative estimate of drug-likeness (QED) is 0.903. The van der Waals surface area contributed by atoms with Crippen molar-refractivity contribution in [2.75, 3.05) is 43.1 Å². The largest absolute Gasteiger partial charge is 0.481 e. The average Bonchev–Trinajstić information content (AvgIpc) is 2.62. The van der Waals surface area contributed by atoms with Gasteiger partial charge in [-0.05, 0) is 24.3 Å². The van der Waals surface area contributed by atoms with Gasteiger partial charge in [0.15, 0.2) is 0 Å². The van der Waals surface area contributed by atoms with Crippen molar-refractivity contribution >= 4 is 17.5 Å². The molecule has 2 heterocycles. The maximum absolute atomic E-state index is 11.1. The van der Waals surface area contributed by atoms with Crippen LogP contribution in [0.5, 0.6) is 5.88 Å². The number of nitrogens with two attached hydrogens (primary N) is 1. The number of ether oxygens (including phenoxy) is 1. The normalized spacial score (nSPS) is 14.7. The highest BCUT2D eigenvalue weighted by Gasteiger charge is 2.19. The van der Waals surface area contributed by atoms with Crippen molar-refractivity contribution in [2.45, 2.75) is 0 Å². The minimum absolute atomic E-state index is 0.406. The molecule has 0 aliphatic carbocycles. The van der Waals surface area contributed by atoms with Gasteiger partial charge in [0, 0.05) is 49.7 Å². The van der Waals surface area contributed by atoms with Crippen molar-refractivity contribution in [3.05, 3.63) is 42.1 Å². The van der Waals surface area contributed by atoms with Crippen molar-refractivity contribution < 1.29 is 9.53 Å². The van der Waals surface area contributed by atoms with Crippen LogP contribution in [0.15, 0.2) is 36.5 Å². The molecule has 120 valence electrons. The molecule has 0 unspecified atom stereocenters. The number of primary amides is 1. The molecule has 1 fully saturated rings. The van der Waals surface area contributed by atoms with Crippen LogP contribution < -0.4 is 20.3 Å². The first-order valence-corrected chi connectivity index (χ1v) is 7.44. The number of amides is 1. The number of piperazine rings is 1. The maximum atomic E-state index is 11.1. The number of anilines is 2. The number of hydrogen-bond donors (Lipinski definition) is 1. The van der Waals surface area contributed by atoms with Crippen LogP contribution in [0.25, 0.3) is 0 Å². The van der Waals surface area contributed by atoms with Gasteiger partial charge in [-0.3, -0.25) is 4.79 Å². The molecule has 0 saturated carbocycles. The van der Waals surface area contributed by atoms with E-state index in [-0.39, 0.29) is 0 Å². The number of nitrogens with zero attached hydrogens (tertiary/aromatic N) is 4. The zero-order valence-corrected chi connectivity index (χ0v) is 13.0. The van der Waals surface area contributed by atoms with E-state index in [0.29, 0.717) is 17.4 Å². The zero-order valence-electron chi connectivity index (χ0n) is 13.0. The third-order valence-corrected chi connectivity index (χ3v) is 3.91. The van der Waals surface area contributed by atoms with Crippen molar-refractivity contribution in [1.29, 1.82) is 0 Å². The summed E-state index contributed by atoms with van der Waals surface area (Å²) in [5.41, 5.74) is 6.87. The van der Waals surface area contributed by atoms with Gasteiger partial charge in [-0.1, -0.05) is 0 Å². The van der Waals surface area contributed by atoms with E-state index in [1.165, 1.54) is 0 Å². The van der Waals surface area contributed by atoms with Gasteiger partial charge < -0.3 is 20.3 Å². The number of methoxy groups -OCH3 is 1. The molecule has 1 amide bonds. The van der Waals surface area contributed by atoms with Crippen LogP contribution in [0.1, 0.15) is 10.4 Å². The average molecular weight is 313 g/mol. The monoisotopic (exact) mass is 313 g/mol. The first kappa shape index (κ1) is 15.1. The molecule has 3 rings (SSSR count). The van der Waals surface area contributed by atoms with Gasteiger partial charge in [-0.2, -0.15) is 4.98 Å². The lowest BCUT2D eigenvalue weighted by molar-refractivity contribution is 0.100. The van der Waals surface area contributed by atoms with Crippen molar-refractivity contribution in [2.24, 2.45) is 5.73 Å². The van der Waals surface area contributed by atoms with Crippen LogP contribution >= 0.6 is 0 Å². The highest BCUT2D eigenvalue weighted by atomic mass is 16.5. The number of aromatic nitrogens is 2. The zero-order chi connectivity index (χ0) is 16.2. The molecule has 7 nitrogen and oxygen atoms in total. The Morgan fingerprint density at radius 2 is 1.74 bits per heavy atom. The van der Waals surface area contributed by atoms with Crippen molar-refractivity contribution in [3.8, 4) is 5.88 Å². The predicted molar refractivity (Wildman–Crippen MR) is 88.0 cm³/mol. The Hall–Kier alpha value is -2.83. The first-order chi connectivity index (χ1) is 11.2. The third kappa shape index (κ3) is 3.33. The number of benzene rings is 1. The van der Waals surface area contributed by atoms with Gasteiger partial charge in [0.05, 0.1) is 7.11 Å². The second kappa shape index (κ2) is 6.51. The van der Waals surface area contributed by atoms with Gasteiger partial charge in [0.1, 0.15) is 0 Å². The molecule has 0 atom stereocenters. The van der Waals surface area contributed by atoms with Gasteiger partial charge in [0.2, 0.25) is 17.7 Å². The lowest BCUT2D eigenvalue weighted by Gasteiger charge is -2.36. The number of carbonyl (C=O) groups excluding carboxylic acids is 1. The summed E-state index contributed by atoms with van der Waals surface area (Å²) in [5, 5.41) is 0. The van der Waals surface area contributed by atoms with Crippen LogP contribution in [0.2, 0.25) is 0 Å². The van der Waals surface area contributed by atoms with Crippen LogP contribution in [0.4, 0.5) is 11.6 Å². The lowest BCUT2D eigenvalue weighted by atomic mass is 10.1. The van der Waals surface area contributed by atoms with E-state index in [9.17, 15) is 4.79 Å². The van der Waals surface area contributed by atoms with Gasteiger partial charge >= 0.3 is 0 Å². The fraction of sp³-hybridized carbons (Fsp3) is 0.312. The molecule has 1 aliphatic rings. The Morgan fingerprint density at radius 3 is 2.35 bits per heavy atom. The van der Waals surface area contributed by atoms with E-state index in [4.69, 9.17) is 10.5 Å². The van der Waals surface area contributed by atoms with E-state index >= 15 is 0 Å². The van der Waals surface area contributed by atoms with Crippen LogP contribution in [0.3, 0.4) is 0 Å². The first-order valence-electron chi connectivity index (χ1n) is 7.44. The van der Waals surface area contributed by atoms with E-state index < -0.39 is 5.91 Å². The number of hydrogen-bond acceptors (Lipinski definition) is 6. The Labute approximate surface area is 134 Å². The fourth-order valence-corrected chi connectivity index (χ4v) is 2.60. The van der Waals surface area contributed by atoms with E-state index in [1.54, 1.807) is 31.5 Å². The topological polar surface area (TPSA) is 84.6 Å². The summed E-state index contributed by atoms with van der Waals surface area (Å²) < 4.78 is 5.14. The minimum atomic E-state index is -0.406. The van der Waals surface area contributed by atoms with Gasteiger partial charge in [-0.15, -0.1) is 0 Å². The molecule has 23 heavy (non-hydrogen) atoms. The summed E-state index contributed by atoms with van der Waals surface area (Å²) in [4.78, 5) is 24.2. The van der Waals surface area contributed by atoms with Crippen LogP contribution in [0, 0.1) is 0 Å². The molecule has 0 spiro atoms. The van der Waals surface area contributed by atoms with Crippen LogP contribution in [-0.2, 0) is 0 Å². The Morgan fingerprint density at radius 1 is 1.09 bits per heavy atom. The van der Waals surface area contributed by atoms with Gasteiger partial charge in [-0.25, -0.2) is 4.98 Å². The Bertz CT molecular complexity index is 681. The van der Waals surface area contributed by atoms with E-state index in [0.717, 1.165) is 31.9 Å². The molecule has 1 saturated heterocycles. The smallest absolute Gasteiger partial charge is 0.248 e. The summed E-state index contributed by atoms with van der Waals surface area (Å²) in [6.07, 6.45) is 1.70. The summed E-state index contributed by atoms with van der Waals surface area (Å²) in [6.45, 7) is 3.36. The standard InChI is InChI=1S/C16H19N5O2/c1-23-14-6-7-18-16(19-14)21-10-8-20(9-11-21)13-4-2-12(3-5-13)15(17)22/h2-7H,8-11H2,1H3,(H2,17,22). The third-order valence-electron chi connectivity index (χ3n) is 3.91. The summed E-state index contributed by atoms with van der Waals surface area (Å²) in [7, 11) is 1.60. The van der Waals surface area contributed by atoms with Crippen molar-refractivity contribution in [1.82, 2.24) is 9.97 Å². The Kier molecular flexibility index (Phi) is 4.27. The number of carbonyl (C=O) groups is 1. The van der Waals surface area contributed by atoms with Crippen molar-refractivity contribution in [3.63, 3.8) is 0 Å². The van der Waals surface area contributed by atoms with E-state index in [2.05, 4.69) is 19.8 Å². The molecular weight excluding hydrogens is 294 g/mol. The highest BCUT2D eigenvalue weighted by molar-refractivity contribution is 5.93. The second-order valence-corrected chi connectivity index (χ2v) is 5.28. The number of rotatable bonds is 4. The molecule has 0 radical (unpaired) electrons. The van der Waals surface area contributed by atoms with Crippen LogP contribution in [-0.4, -0.2) is 49.2 Å². The molecule has 2 aromatic rings. The highest BCUT2D eigenvalue weighted by Crippen LogP contribution is 2.20. The lowest BCUT2D eigenvalue weighted by Crippen LogP contribution is -2.47. The fourth-order valence-electron chi connectivity index (χ4n) is 2.60. The summed E-state index contributed by atoms with van der Waals surface area (Å²) >= 11 is 0. The SMILES string of the molecule is COc1ccnc(N2CCN(c3ccc(C(N)=O)cc3)CC2)n1. The van der Waals surface area contributed by atoms with Gasteiger partial charge in [0.25, 0.3) is 0 Å². The summed E-state index contributed by atoms with van der Waals surface area (Å²) in [6, 6.07) is 9.11.